The van der Waals surface area contributed by atoms with E-state index in [4.69, 9.17) is 5.11 Å². The third-order valence-corrected chi connectivity index (χ3v) is 3.56. The Kier molecular flexibility index (Phi) is 5.44. The van der Waals surface area contributed by atoms with Crippen molar-refractivity contribution in [2.24, 2.45) is 11.8 Å². The standard InChI is InChI=1S/C12H20F3NO2/c1-8-3-2-4-9(6-5-8)16-7-10(11(17)18)12(13,14)15/h8-10,16H,2-7H2,1H3,(H,17,18). The first-order valence-electron chi connectivity index (χ1n) is 6.33. The second-order valence-electron chi connectivity index (χ2n) is 5.15. The van der Waals surface area contributed by atoms with Gasteiger partial charge in [-0.15, -0.1) is 0 Å². The van der Waals surface area contributed by atoms with Gasteiger partial charge in [-0.2, -0.15) is 13.2 Å². The van der Waals surface area contributed by atoms with Gasteiger partial charge in [-0.3, -0.25) is 4.79 Å². The molecule has 2 N–H and O–H groups in total. The molecule has 0 radical (unpaired) electrons. The van der Waals surface area contributed by atoms with Gasteiger partial charge in [0.2, 0.25) is 0 Å². The summed E-state index contributed by atoms with van der Waals surface area (Å²) in [5, 5.41) is 11.3. The molecule has 1 rings (SSSR count). The maximum atomic E-state index is 12.4. The van der Waals surface area contributed by atoms with E-state index in [2.05, 4.69) is 12.2 Å². The van der Waals surface area contributed by atoms with E-state index in [0.717, 1.165) is 32.1 Å². The van der Waals surface area contributed by atoms with Gasteiger partial charge in [0, 0.05) is 12.6 Å². The minimum Gasteiger partial charge on any atom is -0.481 e. The highest BCUT2D eigenvalue weighted by Gasteiger charge is 2.45. The van der Waals surface area contributed by atoms with E-state index < -0.39 is 24.6 Å². The van der Waals surface area contributed by atoms with Crippen LogP contribution in [0.25, 0.3) is 0 Å². The number of hydrogen-bond donors (Lipinski definition) is 2. The van der Waals surface area contributed by atoms with Crippen molar-refractivity contribution in [1.29, 1.82) is 0 Å². The molecule has 0 saturated heterocycles. The molecule has 3 atom stereocenters. The number of carboxylic acid groups (broad SMARTS) is 1. The zero-order valence-corrected chi connectivity index (χ0v) is 10.5. The Morgan fingerprint density at radius 3 is 2.56 bits per heavy atom. The van der Waals surface area contributed by atoms with Gasteiger partial charge in [-0.05, 0) is 25.2 Å². The third kappa shape index (κ3) is 4.84. The molecular formula is C12H20F3NO2. The van der Waals surface area contributed by atoms with Gasteiger partial charge in [0.25, 0.3) is 0 Å². The van der Waals surface area contributed by atoms with Gasteiger partial charge >= 0.3 is 12.1 Å². The number of hydrogen-bond acceptors (Lipinski definition) is 2. The molecule has 1 fully saturated rings. The van der Waals surface area contributed by atoms with Crippen LogP contribution in [0.1, 0.15) is 39.0 Å². The molecule has 18 heavy (non-hydrogen) atoms. The van der Waals surface area contributed by atoms with Crippen LogP contribution in [0.4, 0.5) is 13.2 Å². The molecule has 0 aliphatic heterocycles. The third-order valence-electron chi connectivity index (χ3n) is 3.56. The van der Waals surface area contributed by atoms with Gasteiger partial charge in [0.15, 0.2) is 5.92 Å². The molecular weight excluding hydrogens is 247 g/mol. The van der Waals surface area contributed by atoms with Crippen molar-refractivity contribution in [2.75, 3.05) is 6.54 Å². The average molecular weight is 267 g/mol. The molecule has 0 heterocycles. The fourth-order valence-corrected chi connectivity index (χ4v) is 2.32. The maximum absolute atomic E-state index is 12.4. The van der Waals surface area contributed by atoms with Gasteiger partial charge in [-0.25, -0.2) is 0 Å². The summed E-state index contributed by atoms with van der Waals surface area (Å²) in [5.74, 6) is -3.51. The van der Waals surface area contributed by atoms with Crippen LogP contribution in [0, 0.1) is 11.8 Å². The minimum absolute atomic E-state index is 0.0131. The lowest BCUT2D eigenvalue weighted by Crippen LogP contribution is -2.42. The lowest BCUT2D eigenvalue weighted by molar-refractivity contribution is -0.192. The van der Waals surface area contributed by atoms with E-state index in [0.29, 0.717) is 5.92 Å². The van der Waals surface area contributed by atoms with Crippen LogP contribution in [0.3, 0.4) is 0 Å². The van der Waals surface area contributed by atoms with Gasteiger partial charge < -0.3 is 10.4 Å². The van der Waals surface area contributed by atoms with Crippen molar-refractivity contribution < 1.29 is 23.1 Å². The highest BCUT2D eigenvalue weighted by molar-refractivity contribution is 5.71. The van der Waals surface area contributed by atoms with Crippen molar-refractivity contribution in [2.45, 2.75) is 51.2 Å². The number of nitrogens with one attached hydrogen (secondary N) is 1. The normalized spacial score (nSPS) is 27.6. The minimum atomic E-state index is -4.68. The summed E-state index contributed by atoms with van der Waals surface area (Å²) < 4.78 is 37.3. The van der Waals surface area contributed by atoms with Crippen LogP contribution in [-0.4, -0.2) is 29.8 Å². The summed E-state index contributed by atoms with van der Waals surface area (Å²) in [6.07, 6.45) is 0.0422. The second kappa shape index (κ2) is 6.41. The van der Waals surface area contributed by atoms with Crippen molar-refractivity contribution in [3.63, 3.8) is 0 Å². The first-order valence-corrected chi connectivity index (χ1v) is 6.33. The lowest BCUT2D eigenvalue weighted by atomic mass is 10.0. The summed E-state index contributed by atoms with van der Waals surface area (Å²) in [5.41, 5.74) is 0. The SMILES string of the molecule is CC1CCCC(NCC(C(=O)O)C(F)(F)F)CC1. The molecule has 106 valence electrons. The van der Waals surface area contributed by atoms with E-state index >= 15 is 0 Å². The Labute approximate surface area is 105 Å². The van der Waals surface area contributed by atoms with Crippen molar-refractivity contribution >= 4 is 5.97 Å². The van der Waals surface area contributed by atoms with E-state index in [-0.39, 0.29) is 6.04 Å². The Morgan fingerprint density at radius 1 is 1.33 bits per heavy atom. The Balaban J connectivity index is 2.44. The highest BCUT2D eigenvalue weighted by atomic mass is 19.4. The van der Waals surface area contributed by atoms with Gasteiger partial charge in [-0.1, -0.05) is 19.8 Å². The van der Waals surface area contributed by atoms with E-state index in [1.165, 1.54) is 0 Å². The molecule has 3 nitrogen and oxygen atoms in total. The van der Waals surface area contributed by atoms with Crippen molar-refractivity contribution in [3.05, 3.63) is 0 Å². The lowest BCUT2D eigenvalue weighted by Gasteiger charge is -2.21. The van der Waals surface area contributed by atoms with Crippen LogP contribution in [0.5, 0.6) is 0 Å². The van der Waals surface area contributed by atoms with Crippen molar-refractivity contribution in [1.82, 2.24) is 5.32 Å². The van der Waals surface area contributed by atoms with E-state index in [9.17, 15) is 18.0 Å². The zero-order chi connectivity index (χ0) is 13.8. The molecule has 0 aromatic heterocycles. The molecule has 1 aliphatic rings. The van der Waals surface area contributed by atoms with E-state index in [1.54, 1.807) is 0 Å². The number of halogens is 3. The molecule has 0 aromatic rings. The highest BCUT2D eigenvalue weighted by Crippen LogP contribution is 2.27. The smallest absolute Gasteiger partial charge is 0.403 e. The molecule has 6 heteroatoms. The Morgan fingerprint density at radius 2 is 2.00 bits per heavy atom. The van der Waals surface area contributed by atoms with Crippen molar-refractivity contribution in [3.8, 4) is 0 Å². The molecule has 1 aliphatic carbocycles. The van der Waals surface area contributed by atoms with Crippen LogP contribution in [-0.2, 0) is 4.79 Å². The second-order valence-corrected chi connectivity index (χ2v) is 5.15. The molecule has 1 saturated carbocycles. The maximum Gasteiger partial charge on any atom is 0.403 e. The molecule has 0 spiro atoms. The van der Waals surface area contributed by atoms with Gasteiger partial charge in [0.1, 0.15) is 0 Å². The number of aliphatic carboxylic acids is 1. The summed E-state index contributed by atoms with van der Waals surface area (Å²) in [6, 6.07) is 0.0131. The Bertz CT molecular complexity index is 281. The Hall–Kier alpha value is -0.780. The molecule has 0 bridgehead atoms. The van der Waals surface area contributed by atoms with Crippen LogP contribution in [0.2, 0.25) is 0 Å². The largest absolute Gasteiger partial charge is 0.481 e. The molecule has 0 aromatic carbocycles. The predicted octanol–water partition coefficient (Wildman–Crippen LogP) is 2.81. The zero-order valence-electron chi connectivity index (χ0n) is 10.5. The van der Waals surface area contributed by atoms with Crippen LogP contribution in [0.15, 0.2) is 0 Å². The number of carbonyl (C=O) groups is 1. The predicted molar refractivity (Wildman–Crippen MR) is 61.2 cm³/mol. The first-order chi connectivity index (χ1) is 8.30. The quantitative estimate of drug-likeness (QED) is 0.770. The first kappa shape index (κ1) is 15.3. The molecule has 0 amide bonds. The fraction of sp³-hybridized carbons (Fsp3) is 0.917. The average Bonchev–Trinajstić information content (AvgIpc) is 2.41. The number of alkyl halides is 3. The van der Waals surface area contributed by atoms with Crippen LogP contribution < -0.4 is 5.32 Å². The van der Waals surface area contributed by atoms with Crippen LogP contribution >= 0.6 is 0 Å². The van der Waals surface area contributed by atoms with Gasteiger partial charge in [0.05, 0.1) is 0 Å². The summed E-state index contributed by atoms with van der Waals surface area (Å²) in [7, 11) is 0. The van der Waals surface area contributed by atoms with E-state index in [1.807, 2.05) is 0 Å². The monoisotopic (exact) mass is 267 g/mol. The summed E-state index contributed by atoms with van der Waals surface area (Å²) in [4.78, 5) is 10.6. The molecule has 3 unspecified atom stereocenters. The topological polar surface area (TPSA) is 49.3 Å². The summed E-state index contributed by atoms with van der Waals surface area (Å²) in [6.45, 7) is 1.61. The fourth-order valence-electron chi connectivity index (χ4n) is 2.32. The summed E-state index contributed by atoms with van der Waals surface area (Å²) >= 11 is 0. The number of carboxylic acids is 1. The number of rotatable bonds is 4.